The summed E-state index contributed by atoms with van der Waals surface area (Å²) in [5, 5.41) is 15.2. The summed E-state index contributed by atoms with van der Waals surface area (Å²) in [4.78, 5) is 5.22. The molecule has 3 aromatic heterocycles. The minimum Gasteiger partial charge on any atom is -0.350 e. The van der Waals surface area contributed by atoms with Crippen LogP contribution in [-0.2, 0) is 0 Å². The van der Waals surface area contributed by atoms with Crippen molar-refractivity contribution < 1.29 is 0 Å². The molecule has 4 nitrogen and oxygen atoms in total. The number of rotatable bonds is 5. The Morgan fingerprint density at radius 2 is 1.11 bits per heavy atom. The lowest BCUT2D eigenvalue weighted by Gasteiger charge is -2.32. The van der Waals surface area contributed by atoms with Gasteiger partial charge in [0.15, 0.2) is 0 Å². The maximum absolute atomic E-state index is 5.22. The van der Waals surface area contributed by atoms with E-state index in [0.29, 0.717) is 0 Å². The molecule has 8 aromatic carbocycles. The first-order valence-electron chi connectivity index (χ1n) is 19.3. The largest absolute Gasteiger partial charge is 0.350 e. The SMILES string of the molecule is c1ccc(C2=NC(c3ccc4c(c3)sc3cccc(-c5ccc6c(c5)sc5cc(-n7c8ccccc8c8ccccc87)ccc56)c34)NC(c3ccccc3)N2)cc1. The van der Waals surface area contributed by atoms with Crippen LogP contribution in [0.5, 0.6) is 0 Å². The molecule has 12 rings (SSSR count). The van der Waals surface area contributed by atoms with E-state index >= 15 is 0 Å². The molecule has 11 aromatic rings. The molecule has 0 radical (unpaired) electrons. The van der Waals surface area contributed by atoms with E-state index in [1.165, 1.54) is 84.5 Å². The van der Waals surface area contributed by atoms with Gasteiger partial charge in [-0.2, -0.15) is 0 Å². The van der Waals surface area contributed by atoms with Crippen LogP contribution < -0.4 is 10.6 Å². The van der Waals surface area contributed by atoms with E-state index in [2.05, 4.69) is 191 Å². The van der Waals surface area contributed by atoms with E-state index in [4.69, 9.17) is 4.99 Å². The molecule has 2 unspecified atom stereocenters. The highest BCUT2D eigenvalue weighted by atomic mass is 32.1. The molecule has 0 aliphatic carbocycles. The number of amidine groups is 1. The van der Waals surface area contributed by atoms with Crippen LogP contribution >= 0.6 is 22.7 Å². The second-order valence-corrected chi connectivity index (χ2v) is 17.0. The highest BCUT2D eigenvalue weighted by Gasteiger charge is 2.26. The second kappa shape index (κ2) is 13.0. The molecule has 270 valence electrons. The molecule has 57 heavy (non-hydrogen) atoms. The molecule has 0 fully saturated rings. The average molecular weight is 767 g/mol. The van der Waals surface area contributed by atoms with Gasteiger partial charge in [-0.15, -0.1) is 22.7 Å². The van der Waals surface area contributed by atoms with Gasteiger partial charge in [0.05, 0.1) is 11.0 Å². The Hall–Kier alpha value is -6.57. The van der Waals surface area contributed by atoms with Crippen molar-refractivity contribution in [1.29, 1.82) is 0 Å². The lowest BCUT2D eigenvalue weighted by Crippen LogP contribution is -2.44. The van der Waals surface area contributed by atoms with E-state index in [1.54, 1.807) is 0 Å². The monoisotopic (exact) mass is 766 g/mol. The number of para-hydroxylation sites is 2. The fraction of sp³-hybridized carbons (Fsp3) is 0.0392. The summed E-state index contributed by atoms with van der Waals surface area (Å²) >= 11 is 3.74. The predicted octanol–water partition coefficient (Wildman–Crippen LogP) is 13.5. The summed E-state index contributed by atoms with van der Waals surface area (Å²) in [5.41, 5.74) is 9.58. The van der Waals surface area contributed by atoms with Gasteiger partial charge >= 0.3 is 0 Å². The summed E-state index contributed by atoms with van der Waals surface area (Å²) < 4.78 is 7.57. The van der Waals surface area contributed by atoms with Crippen LogP contribution in [0.2, 0.25) is 0 Å². The maximum Gasteiger partial charge on any atom is 0.131 e. The molecular formula is C51H34N4S2. The van der Waals surface area contributed by atoms with Crippen molar-refractivity contribution in [3.63, 3.8) is 0 Å². The van der Waals surface area contributed by atoms with Gasteiger partial charge in [-0.05, 0) is 64.7 Å². The first-order chi connectivity index (χ1) is 28.2. The first-order valence-corrected chi connectivity index (χ1v) is 21.0. The lowest BCUT2D eigenvalue weighted by molar-refractivity contribution is 0.409. The van der Waals surface area contributed by atoms with Crippen molar-refractivity contribution in [1.82, 2.24) is 15.2 Å². The molecule has 0 amide bonds. The van der Waals surface area contributed by atoms with Gasteiger partial charge in [0.25, 0.3) is 0 Å². The highest BCUT2D eigenvalue weighted by Crippen LogP contribution is 2.44. The molecule has 2 atom stereocenters. The number of benzene rings is 8. The third-order valence-electron chi connectivity index (χ3n) is 11.5. The number of aliphatic imine (C=N–C) groups is 1. The summed E-state index contributed by atoms with van der Waals surface area (Å²) in [6, 6.07) is 66.1. The molecule has 0 saturated heterocycles. The molecule has 0 bridgehead atoms. The van der Waals surface area contributed by atoms with Gasteiger partial charge in [-0.1, -0.05) is 140 Å². The van der Waals surface area contributed by atoms with Gasteiger partial charge in [0.1, 0.15) is 18.2 Å². The third-order valence-corrected chi connectivity index (χ3v) is 13.7. The number of aromatic nitrogens is 1. The molecule has 1 aliphatic heterocycles. The molecular weight excluding hydrogens is 733 g/mol. The molecule has 0 saturated carbocycles. The number of fused-ring (bicyclic) bond motifs is 9. The van der Waals surface area contributed by atoms with E-state index < -0.39 is 0 Å². The predicted molar refractivity (Wildman–Crippen MR) is 243 cm³/mol. The standard InChI is InChI=1S/C51H34N4S2/c1-3-12-31(13-4-1)49-52-50(32-14-5-2-6-15-32)54-51(53-49)34-23-26-41-46(29-34)56-44-21-11-18-36(48(41)44)33-22-25-39-40-27-24-35(30-47(40)57-45(39)28-33)55-42-19-9-7-16-37(42)38-17-8-10-20-43(38)55/h1-30,49,51,53H,(H,52,54). The zero-order chi connectivity index (χ0) is 37.5. The van der Waals surface area contributed by atoms with E-state index in [1.807, 2.05) is 28.7 Å². The van der Waals surface area contributed by atoms with Crippen molar-refractivity contribution in [3.8, 4) is 16.8 Å². The summed E-state index contributed by atoms with van der Waals surface area (Å²) in [5.74, 6) is 0.895. The maximum atomic E-state index is 5.22. The zero-order valence-corrected chi connectivity index (χ0v) is 32.3. The second-order valence-electron chi connectivity index (χ2n) is 14.8. The highest BCUT2D eigenvalue weighted by molar-refractivity contribution is 7.26. The molecule has 2 N–H and O–H groups in total. The summed E-state index contributed by atoms with van der Waals surface area (Å²) in [6.07, 6.45) is -0.274. The van der Waals surface area contributed by atoms with Crippen molar-refractivity contribution in [3.05, 3.63) is 199 Å². The molecule has 4 heterocycles. The van der Waals surface area contributed by atoms with E-state index in [0.717, 1.165) is 17.0 Å². The van der Waals surface area contributed by atoms with Gasteiger partial charge in [-0.25, -0.2) is 4.99 Å². The summed E-state index contributed by atoms with van der Waals surface area (Å²) in [6.45, 7) is 0. The van der Waals surface area contributed by atoms with Gasteiger partial charge < -0.3 is 9.88 Å². The minimum absolute atomic E-state index is 0.0716. The number of nitrogens with one attached hydrogen (secondary N) is 2. The van der Waals surface area contributed by atoms with Crippen LogP contribution in [0.4, 0.5) is 0 Å². The van der Waals surface area contributed by atoms with E-state index in [-0.39, 0.29) is 12.3 Å². The Labute approximate surface area is 337 Å². The average Bonchev–Trinajstić information content (AvgIpc) is 3.95. The van der Waals surface area contributed by atoms with Crippen LogP contribution in [0.1, 0.15) is 29.0 Å². The van der Waals surface area contributed by atoms with Crippen molar-refractivity contribution >= 4 is 90.7 Å². The Morgan fingerprint density at radius 3 is 1.89 bits per heavy atom. The van der Waals surface area contributed by atoms with Crippen molar-refractivity contribution in [2.75, 3.05) is 0 Å². The molecule has 6 heteroatoms. The smallest absolute Gasteiger partial charge is 0.131 e. The lowest BCUT2D eigenvalue weighted by atomic mass is 9.98. The number of hydrogen-bond donors (Lipinski definition) is 2. The number of nitrogens with zero attached hydrogens (tertiary/aromatic N) is 2. The number of thiophene rings is 2. The normalized spacial score (nSPS) is 15.9. The van der Waals surface area contributed by atoms with Crippen LogP contribution in [0.15, 0.2) is 187 Å². The third kappa shape index (κ3) is 5.33. The van der Waals surface area contributed by atoms with Gasteiger partial charge in [0.2, 0.25) is 0 Å². The van der Waals surface area contributed by atoms with Crippen molar-refractivity contribution in [2.24, 2.45) is 4.99 Å². The Kier molecular flexibility index (Phi) is 7.45. The van der Waals surface area contributed by atoms with Gasteiger partial charge in [-0.3, -0.25) is 5.32 Å². The quantitative estimate of drug-likeness (QED) is 0.183. The Balaban J connectivity index is 0.934. The summed E-state index contributed by atoms with van der Waals surface area (Å²) in [7, 11) is 0. The fourth-order valence-corrected chi connectivity index (χ4v) is 11.2. The molecule has 0 spiro atoms. The van der Waals surface area contributed by atoms with Crippen LogP contribution in [0.25, 0.3) is 79.0 Å². The first kappa shape index (κ1) is 32.7. The van der Waals surface area contributed by atoms with Crippen LogP contribution in [-0.4, -0.2) is 10.4 Å². The van der Waals surface area contributed by atoms with Crippen LogP contribution in [0.3, 0.4) is 0 Å². The Bertz CT molecular complexity index is 3320. The topological polar surface area (TPSA) is 41.4 Å². The van der Waals surface area contributed by atoms with Crippen LogP contribution in [0, 0.1) is 0 Å². The minimum atomic E-state index is -0.202. The van der Waals surface area contributed by atoms with Crippen molar-refractivity contribution in [2.45, 2.75) is 12.3 Å². The van der Waals surface area contributed by atoms with Gasteiger partial charge in [0, 0.05) is 62.4 Å². The fourth-order valence-electron chi connectivity index (χ4n) is 8.82. The number of hydrogen-bond acceptors (Lipinski definition) is 5. The van der Waals surface area contributed by atoms with E-state index in [9.17, 15) is 0 Å². The zero-order valence-electron chi connectivity index (χ0n) is 30.7. The Morgan fingerprint density at radius 1 is 0.456 bits per heavy atom. The molecule has 1 aliphatic rings.